The van der Waals surface area contributed by atoms with E-state index < -0.39 is 11.9 Å². The third kappa shape index (κ3) is 7.33. The zero-order valence-electron chi connectivity index (χ0n) is 23.5. The number of hydrogen-bond acceptors (Lipinski definition) is 6. The minimum atomic E-state index is -0.399. The van der Waals surface area contributed by atoms with Crippen LogP contribution in [0.25, 0.3) is 0 Å². The first-order valence-corrected chi connectivity index (χ1v) is 13.6. The van der Waals surface area contributed by atoms with Gasteiger partial charge in [-0.2, -0.15) is 0 Å². The van der Waals surface area contributed by atoms with Gasteiger partial charge in [0.25, 0.3) is 11.8 Å². The van der Waals surface area contributed by atoms with Gasteiger partial charge in [0.15, 0.2) is 0 Å². The van der Waals surface area contributed by atoms with Crippen molar-refractivity contribution in [1.82, 2.24) is 14.8 Å². The summed E-state index contributed by atoms with van der Waals surface area (Å²) in [7, 11) is 3.29. The highest BCUT2D eigenvalue weighted by atomic mass is 35.5. The van der Waals surface area contributed by atoms with Crippen LogP contribution in [-0.2, 0) is 4.74 Å². The predicted octanol–water partition coefficient (Wildman–Crippen LogP) is 5.03. The van der Waals surface area contributed by atoms with Crippen LogP contribution >= 0.6 is 11.6 Å². The van der Waals surface area contributed by atoms with Gasteiger partial charge in [0.05, 0.1) is 28.4 Å². The molecule has 216 valence electrons. The Morgan fingerprint density at radius 1 is 1.05 bits per heavy atom. The molecule has 11 heteroatoms. The van der Waals surface area contributed by atoms with Gasteiger partial charge in [-0.3, -0.25) is 14.6 Å². The van der Waals surface area contributed by atoms with Crippen molar-refractivity contribution in [3.63, 3.8) is 0 Å². The standard InChI is InChI=1S/C30H34ClN5O5/c1-19-16-36(30(39)34-24-10-6-5-9-23(24)31)20(2)18-41-26-15-21(33-28(37)25-11-7-8-14-32-25)12-13-22(26)29(38)35(3)17-27(19)40-4/h5-15,19-20,27H,16-18H2,1-4H3,(H,33,37)(H,34,39)/t19-,20-,27-/m1/s1. The fourth-order valence-corrected chi connectivity index (χ4v) is 4.76. The Bertz CT molecular complexity index is 1390. The molecule has 0 bridgehead atoms. The molecule has 0 fully saturated rings. The van der Waals surface area contributed by atoms with Gasteiger partial charge in [0.1, 0.15) is 18.1 Å². The Kier molecular flexibility index (Phi) is 9.80. The lowest BCUT2D eigenvalue weighted by atomic mass is 10.0. The number of likely N-dealkylation sites (N-methyl/N-ethyl adjacent to an activating group) is 1. The second-order valence-electron chi connectivity index (χ2n) is 10.0. The minimum absolute atomic E-state index is 0.0853. The van der Waals surface area contributed by atoms with E-state index in [1.165, 1.54) is 6.20 Å². The maximum absolute atomic E-state index is 13.5. The van der Waals surface area contributed by atoms with Gasteiger partial charge < -0.3 is 29.9 Å². The monoisotopic (exact) mass is 579 g/mol. The average molecular weight is 580 g/mol. The van der Waals surface area contributed by atoms with E-state index in [4.69, 9.17) is 21.1 Å². The van der Waals surface area contributed by atoms with E-state index in [-0.39, 0.29) is 42.0 Å². The maximum Gasteiger partial charge on any atom is 0.322 e. The van der Waals surface area contributed by atoms with Gasteiger partial charge in [-0.1, -0.05) is 36.7 Å². The molecule has 0 saturated carbocycles. The number of hydrogen-bond donors (Lipinski definition) is 2. The van der Waals surface area contributed by atoms with Crippen LogP contribution in [0.15, 0.2) is 66.9 Å². The molecule has 0 radical (unpaired) electrons. The normalized spacial score (nSPS) is 19.7. The number of amides is 4. The number of urea groups is 1. The second kappa shape index (κ2) is 13.5. The van der Waals surface area contributed by atoms with Crippen LogP contribution < -0.4 is 15.4 Å². The number of para-hydroxylation sites is 1. The number of aromatic nitrogens is 1. The number of methoxy groups -OCH3 is 1. The van der Waals surface area contributed by atoms with E-state index in [2.05, 4.69) is 15.6 Å². The Balaban J connectivity index is 1.63. The quantitative estimate of drug-likeness (QED) is 0.448. The lowest BCUT2D eigenvalue weighted by Gasteiger charge is -2.36. The number of benzene rings is 2. The highest BCUT2D eigenvalue weighted by Gasteiger charge is 2.30. The Hall–Kier alpha value is -4.15. The summed E-state index contributed by atoms with van der Waals surface area (Å²) in [6, 6.07) is 16.2. The average Bonchev–Trinajstić information content (AvgIpc) is 2.97. The third-order valence-corrected chi connectivity index (χ3v) is 7.31. The molecule has 2 N–H and O–H groups in total. The largest absolute Gasteiger partial charge is 0.491 e. The number of nitrogens with one attached hydrogen (secondary N) is 2. The summed E-state index contributed by atoms with van der Waals surface area (Å²) in [6.07, 6.45) is 1.20. The maximum atomic E-state index is 13.5. The summed E-state index contributed by atoms with van der Waals surface area (Å²) in [5.41, 5.74) is 1.51. The van der Waals surface area contributed by atoms with Crippen molar-refractivity contribution in [3.8, 4) is 5.75 Å². The van der Waals surface area contributed by atoms with E-state index in [1.54, 1.807) is 84.6 Å². The number of fused-ring (bicyclic) bond motifs is 1. The number of pyridine rings is 1. The molecule has 3 aromatic rings. The van der Waals surface area contributed by atoms with E-state index in [9.17, 15) is 14.4 Å². The topological polar surface area (TPSA) is 113 Å². The summed E-state index contributed by atoms with van der Waals surface area (Å²) in [5.74, 6) is -0.479. The molecular formula is C30H34ClN5O5. The molecule has 41 heavy (non-hydrogen) atoms. The van der Waals surface area contributed by atoms with Crippen LogP contribution in [0.3, 0.4) is 0 Å². The van der Waals surface area contributed by atoms with Gasteiger partial charge in [0.2, 0.25) is 0 Å². The molecule has 0 saturated heterocycles. The first-order valence-electron chi connectivity index (χ1n) is 13.3. The molecule has 0 aliphatic carbocycles. The molecule has 0 unspecified atom stereocenters. The first kappa shape index (κ1) is 29.8. The SMILES string of the molecule is CO[C@@H]1CN(C)C(=O)c2ccc(NC(=O)c3ccccn3)cc2OC[C@@H](C)N(C(=O)Nc2ccccc2Cl)C[C@H]1C. The minimum Gasteiger partial charge on any atom is -0.491 e. The van der Waals surface area contributed by atoms with Crippen molar-refractivity contribution in [1.29, 1.82) is 0 Å². The molecule has 4 amide bonds. The third-order valence-electron chi connectivity index (χ3n) is 6.98. The Morgan fingerprint density at radius 2 is 1.80 bits per heavy atom. The summed E-state index contributed by atoms with van der Waals surface area (Å²) in [5, 5.41) is 6.13. The summed E-state index contributed by atoms with van der Waals surface area (Å²) in [4.78, 5) is 47.0. The molecule has 1 aliphatic heterocycles. The zero-order valence-corrected chi connectivity index (χ0v) is 24.2. The van der Waals surface area contributed by atoms with Crippen molar-refractivity contribution in [2.45, 2.75) is 26.0 Å². The van der Waals surface area contributed by atoms with Crippen molar-refractivity contribution >= 4 is 40.8 Å². The summed E-state index contributed by atoms with van der Waals surface area (Å²) < 4.78 is 11.9. The molecule has 3 atom stereocenters. The highest BCUT2D eigenvalue weighted by Crippen LogP contribution is 2.28. The van der Waals surface area contributed by atoms with Gasteiger partial charge in [0, 0.05) is 51.1 Å². The van der Waals surface area contributed by atoms with Crippen molar-refractivity contribution in [2.75, 3.05) is 44.5 Å². The molecule has 0 spiro atoms. The number of carbonyl (C=O) groups excluding carboxylic acids is 3. The molecule has 4 rings (SSSR count). The zero-order chi connectivity index (χ0) is 29.5. The fourth-order valence-electron chi connectivity index (χ4n) is 4.57. The Labute approximate surface area is 244 Å². The van der Waals surface area contributed by atoms with E-state index >= 15 is 0 Å². The highest BCUT2D eigenvalue weighted by molar-refractivity contribution is 6.33. The van der Waals surface area contributed by atoms with Gasteiger partial charge in [-0.15, -0.1) is 0 Å². The van der Waals surface area contributed by atoms with Crippen LogP contribution in [0, 0.1) is 5.92 Å². The van der Waals surface area contributed by atoms with Gasteiger partial charge >= 0.3 is 6.03 Å². The summed E-state index contributed by atoms with van der Waals surface area (Å²) >= 11 is 6.29. The van der Waals surface area contributed by atoms with Crippen molar-refractivity contribution in [2.24, 2.45) is 5.92 Å². The molecule has 2 heterocycles. The molecular weight excluding hydrogens is 546 g/mol. The van der Waals surface area contributed by atoms with Crippen LogP contribution in [0.2, 0.25) is 5.02 Å². The summed E-state index contributed by atoms with van der Waals surface area (Å²) in [6.45, 7) is 4.57. The van der Waals surface area contributed by atoms with E-state index in [1.807, 2.05) is 13.8 Å². The van der Waals surface area contributed by atoms with E-state index in [0.717, 1.165) is 0 Å². The van der Waals surface area contributed by atoms with Crippen LogP contribution in [-0.4, -0.2) is 78.6 Å². The van der Waals surface area contributed by atoms with Crippen molar-refractivity contribution in [3.05, 3.63) is 83.1 Å². The molecule has 1 aromatic heterocycles. The smallest absolute Gasteiger partial charge is 0.322 e. The number of halogens is 1. The lowest BCUT2D eigenvalue weighted by molar-refractivity contribution is 0.0174. The van der Waals surface area contributed by atoms with Crippen molar-refractivity contribution < 1.29 is 23.9 Å². The number of rotatable bonds is 4. The van der Waals surface area contributed by atoms with Crippen LogP contribution in [0.4, 0.5) is 16.2 Å². The first-order chi connectivity index (χ1) is 19.7. The number of carbonyl (C=O) groups is 3. The van der Waals surface area contributed by atoms with Gasteiger partial charge in [-0.05, 0) is 43.3 Å². The fraction of sp³-hybridized carbons (Fsp3) is 0.333. The van der Waals surface area contributed by atoms with E-state index in [0.29, 0.717) is 35.1 Å². The molecule has 10 nitrogen and oxygen atoms in total. The second-order valence-corrected chi connectivity index (χ2v) is 10.4. The van der Waals surface area contributed by atoms with Crippen LogP contribution in [0.1, 0.15) is 34.7 Å². The predicted molar refractivity (Wildman–Crippen MR) is 158 cm³/mol. The number of nitrogens with zero attached hydrogens (tertiary/aromatic N) is 3. The van der Waals surface area contributed by atoms with Gasteiger partial charge in [-0.25, -0.2) is 4.79 Å². The lowest BCUT2D eigenvalue weighted by Crippen LogP contribution is -2.50. The molecule has 1 aliphatic rings. The number of anilines is 2. The Morgan fingerprint density at radius 3 is 2.51 bits per heavy atom. The number of ether oxygens (including phenoxy) is 2. The van der Waals surface area contributed by atoms with Crippen LogP contribution in [0.5, 0.6) is 5.75 Å². The molecule has 2 aromatic carbocycles.